The summed E-state index contributed by atoms with van der Waals surface area (Å²) in [6.45, 7) is -1.73. The van der Waals surface area contributed by atoms with Gasteiger partial charge in [0.25, 0.3) is 0 Å². The summed E-state index contributed by atoms with van der Waals surface area (Å²) in [6.07, 6.45) is -5.85. The highest BCUT2D eigenvalue weighted by molar-refractivity contribution is 7.46. The van der Waals surface area contributed by atoms with E-state index in [9.17, 15) is 24.7 Å². The van der Waals surface area contributed by atoms with Gasteiger partial charge in [0.1, 0.15) is 18.8 Å². The Bertz CT molecular complexity index is 287. The number of phosphoric acid groups is 1. The van der Waals surface area contributed by atoms with Gasteiger partial charge in [-0.3, -0.25) is 9.32 Å². The second kappa shape index (κ2) is 7.14. The van der Waals surface area contributed by atoms with Gasteiger partial charge >= 0.3 is 7.82 Å². The zero-order valence-electron chi connectivity index (χ0n) is 8.71. The third-order valence-corrected chi connectivity index (χ3v) is 2.30. The number of rotatable bonds is 8. The first kappa shape index (κ1) is 16.6. The summed E-state index contributed by atoms with van der Waals surface area (Å²) in [5.41, 5.74) is 0. The minimum atomic E-state index is -4.78. The fourth-order valence-corrected chi connectivity index (χ4v) is 1.29. The SMILES string of the molecule is O=C(CO)CC(O)C(O)C(O)COP(=O)(O)O. The van der Waals surface area contributed by atoms with Crippen LogP contribution in [0, 0.1) is 0 Å². The van der Waals surface area contributed by atoms with Crippen LogP contribution in [-0.4, -0.2) is 67.5 Å². The lowest BCUT2D eigenvalue weighted by atomic mass is 10.0. The highest BCUT2D eigenvalue weighted by Gasteiger charge is 2.28. The van der Waals surface area contributed by atoms with Crippen LogP contribution in [0.25, 0.3) is 0 Å². The Kier molecular flexibility index (Phi) is 6.98. The van der Waals surface area contributed by atoms with Crippen LogP contribution in [0.5, 0.6) is 0 Å². The Morgan fingerprint density at radius 1 is 1.18 bits per heavy atom. The Morgan fingerprint density at radius 3 is 2.12 bits per heavy atom. The van der Waals surface area contributed by atoms with Crippen molar-refractivity contribution in [3.8, 4) is 0 Å². The predicted molar refractivity (Wildman–Crippen MR) is 52.7 cm³/mol. The molecular formula is C7H15O9P. The lowest BCUT2D eigenvalue weighted by Crippen LogP contribution is -2.41. The molecule has 17 heavy (non-hydrogen) atoms. The van der Waals surface area contributed by atoms with Crippen molar-refractivity contribution in [1.29, 1.82) is 0 Å². The zero-order chi connectivity index (χ0) is 13.6. The van der Waals surface area contributed by atoms with Crippen LogP contribution >= 0.6 is 7.82 Å². The molecular weight excluding hydrogens is 259 g/mol. The van der Waals surface area contributed by atoms with Crippen molar-refractivity contribution in [1.82, 2.24) is 0 Å². The van der Waals surface area contributed by atoms with Gasteiger partial charge in [-0.1, -0.05) is 0 Å². The van der Waals surface area contributed by atoms with Crippen LogP contribution in [0.3, 0.4) is 0 Å². The number of aliphatic hydroxyl groups excluding tert-OH is 4. The lowest BCUT2D eigenvalue weighted by molar-refractivity contribution is -0.128. The quantitative estimate of drug-likeness (QED) is 0.255. The molecule has 0 spiro atoms. The first-order valence-electron chi connectivity index (χ1n) is 4.54. The van der Waals surface area contributed by atoms with E-state index in [2.05, 4.69) is 4.52 Å². The van der Waals surface area contributed by atoms with Crippen molar-refractivity contribution in [2.75, 3.05) is 13.2 Å². The molecule has 102 valence electrons. The third-order valence-electron chi connectivity index (χ3n) is 1.82. The molecule has 0 amide bonds. The minimum absolute atomic E-state index is 0.593. The monoisotopic (exact) mass is 274 g/mol. The molecule has 3 atom stereocenters. The molecule has 0 aromatic heterocycles. The fraction of sp³-hybridized carbons (Fsp3) is 0.857. The number of carbonyl (C=O) groups excluding carboxylic acids is 1. The van der Waals surface area contributed by atoms with Gasteiger partial charge < -0.3 is 30.2 Å². The van der Waals surface area contributed by atoms with Crippen LogP contribution in [0.2, 0.25) is 0 Å². The van der Waals surface area contributed by atoms with Crippen molar-refractivity contribution in [2.24, 2.45) is 0 Å². The molecule has 0 fully saturated rings. The largest absolute Gasteiger partial charge is 0.469 e. The second-order valence-electron chi connectivity index (χ2n) is 3.31. The standard InChI is InChI=1S/C7H15O9P/c8-2-4(9)1-5(10)7(12)6(11)3-16-17(13,14)15/h5-8,10-12H,1-3H2,(H2,13,14,15). The van der Waals surface area contributed by atoms with Crippen molar-refractivity contribution < 1.29 is 44.1 Å². The summed E-state index contributed by atoms with van der Waals surface area (Å²) >= 11 is 0. The van der Waals surface area contributed by atoms with Crippen LogP contribution < -0.4 is 0 Å². The molecule has 0 radical (unpaired) electrons. The van der Waals surface area contributed by atoms with Crippen molar-refractivity contribution in [2.45, 2.75) is 24.7 Å². The average molecular weight is 274 g/mol. The third kappa shape index (κ3) is 7.53. The maximum absolute atomic E-state index is 10.7. The van der Waals surface area contributed by atoms with E-state index < -0.39 is 51.6 Å². The van der Waals surface area contributed by atoms with Gasteiger partial charge in [-0.15, -0.1) is 0 Å². The molecule has 9 nitrogen and oxygen atoms in total. The molecule has 0 aromatic carbocycles. The number of aliphatic hydroxyl groups is 4. The molecule has 10 heteroatoms. The first-order valence-corrected chi connectivity index (χ1v) is 6.07. The van der Waals surface area contributed by atoms with Crippen LogP contribution in [0.4, 0.5) is 0 Å². The van der Waals surface area contributed by atoms with Gasteiger partial charge in [-0.2, -0.15) is 0 Å². The summed E-state index contributed by atoms with van der Waals surface area (Å²) in [6, 6.07) is 0. The number of hydrogen-bond donors (Lipinski definition) is 6. The van der Waals surface area contributed by atoms with Gasteiger partial charge in [0.2, 0.25) is 0 Å². The van der Waals surface area contributed by atoms with Gasteiger partial charge in [0.05, 0.1) is 12.7 Å². The van der Waals surface area contributed by atoms with Crippen molar-refractivity contribution in [3.63, 3.8) is 0 Å². The van der Waals surface area contributed by atoms with E-state index in [1.165, 1.54) is 0 Å². The topological polar surface area (TPSA) is 165 Å². The van der Waals surface area contributed by atoms with Gasteiger partial charge in [0, 0.05) is 6.42 Å². The van der Waals surface area contributed by atoms with E-state index in [1.54, 1.807) is 0 Å². The van der Waals surface area contributed by atoms with Gasteiger partial charge in [0.15, 0.2) is 5.78 Å². The maximum Gasteiger partial charge on any atom is 0.469 e. The second-order valence-corrected chi connectivity index (χ2v) is 4.55. The summed E-state index contributed by atoms with van der Waals surface area (Å²) < 4.78 is 14.2. The molecule has 6 N–H and O–H groups in total. The van der Waals surface area contributed by atoms with Crippen molar-refractivity contribution in [3.05, 3.63) is 0 Å². The van der Waals surface area contributed by atoms with Crippen molar-refractivity contribution >= 4 is 13.6 Å². The Labute approximate surface area is 96.5 Å². The Hall–Kier alpha value is -0.380. The zero-order valence-corrected chi connectivity index (χ0v) is 9.60. The van der Waals surface area contributed by atoms with Gasteiger partial charge in [-0.25, -0.2) is 4.57 Å². The van der Waals surface area contributed by atoms with Crippen LogP contribution in [0.1, 0.15) is 6.42 Å². The number of hydrogen-bond acceptors (Lipinski definition) is 7. The molecule has 0 heterocycles. The van der Waals surface area contributed by atoms with E-state index >= 15 is 0 Å². The fourth-order valence-electron chi connectivity index (χ4n) is 0.947. The first-order chi connectivity index (χ1) is 7.67. The Morgan fingerprint density at radius 2 is 1.71 bits per heavy atom. The molecule has 0 aliphatic rings. The van der Waals surface area contributed by atoms with E-state index in [4.69, 9.17) is 14.9 Å². The van der Waals surface area contributed by atoms with E-state index in [0.717, 1.165) is 0 Å². The molecule has 0 aliphatic heterocycles. The van der Waals surface area contributed by atoms with E-state index in [-0.39, 0.29) is 0 Å². The highest BCUT2D eigenvalue weighted by atomic mass is 31.2. The number of Topliss-reactive ketones (excluding diaryl/α,β-unsaturated/α-hetero) is 1. The smallest absolute Gasteiger partial charge is 0.390 e. The normalized spacial score (nSPS) is 17.5. The highest BCUT2D eigenvalue weighted by Crippen LogP contribution is 2.35. The molecule has 3 unspecified atom stereocenters. The summed E-state index contributed by atoms with van der Waals surface area (Å²) in [7, 11) is -4.78. The lowest BCUT2D eigenvalue weighted by Gasteiger charge is -2.22. The number of ketones is 1. The molecule has 0 aromatic rings. The molecule has 0 rings (SSSR count). The number of phosphoric ester groups is 1. The molecule has 0 saturated carbocycles. The predicted octanol–water partition coefficient (Wildman–Crippen LogP) is -2.87. The van der Waals surface area contributed by atoms with Crippen LogP contribution in [0.15, 0.2) is 0 Å². The van der Waals surface area contributed by atoms with Gasteiger partial charge in [-0.05, 0) is 0 Å². The average Bonchev–Trinajstić information content (AvgIpc) is 2.23. The molecule has 0 aliphatic carbocycles. The minimum Gasteiger partial charge on any atom is -0.390 e. The maximum atomic E-state index is 10.7. The summed E-state index contributed by atoms with van der Waals surface area (Å²) in [4.78, 5) is 27.3. The van der Waals surface area contributed by atoms with E-state index in [0.29, 0.717) is 0 Å². The molecule has 0 bridgehead atoms. The van der Waals surface area contributed by atoms with Crippen LogP contribution in [-0.2, 0) is 13.9 Å². The number of carbonyl (C=O) groups is 1. The molecule has 0 saturated heterocycles. The van der Waals surface area contributed by atoms with E-state index in [1.807, 2.05) is 0 Å². The summed E-state index contributed by atoms with van der Waals surface area (Å²) in [5, 5.41) is 36.1. The summed E-state index contributed by atoms with van der Waals surface area (Å²) in [5.74, 6) is -0.750. The Balaban J connectivity index is 4.15.